The fourth-order valence-electron chi connectivity index (χ4n) is 1.16. The first-order chi connectivity index (χ1) is 7.45. The van der Waals surface area contributed by atoms with Crippen LogP contribution in [0.3, 0.4) is 0 Å². The zero-order valence-corrected chi connectivity index (χ0v) is 9.79. The number of halogens is 3. The largest absolute Gasteiger partial charge is 0.481 e. The average molecular weight is 296 g/mol. The molecule has 1 N–H and O–H groups in total. The van der Waals surface area contributed by atoms with Crippen LogP contribution in [-0.4, -0.2) is 23.2 Å². The molecule has 1 rings (SSSR count). The van der Waals surface area contributed by atoms with Gasteiger partial charge in [0.2, 0.25) is 5.88 Å². The van der Waals surface area contributed by atoms with Gasteiger partial charge in [0.1, 0.15) is 0 Å². The molecule has 0 amide bonds. The second-order valence-corrected chi connectivity index (χ2v) is 3.73. The predicted octanol–water partition coefficient (Wildman–Crippen LogP) is 2.42. The van der Waals surface area contributed by atoms with Gasteiger partial charge in [-0.25, -0.2) is 13.8 Å². The van der Waals surface area contributed by atoms with Crippen LogP contribution in [-0.2, 0) is 11.2 Å². The second kappa shape index (κ2) is 5.20. The van der Waals surface area contributed by atoms with Crippen LogP contribution in [0.25, 0.3) is 0 Å². The third kappa shape index (κ3) is 2.88. The van der Waals surface area contributed by atoms with Gasteiger partial charge in [-0.3, -0.25) is 4.79 Å². The van der Waals surface area contributed by atoms with Crippen LogP contribution >= 0.6 is 15.9 Å². The molecule has 0 aliphatic heterocycles. The van der Waals surface area contributed by atoms with Gasteiger partial charge >= 0.3 is 5.97 Å². The minimum absolute atomic E-state index is 0.0885. The van der Waals surface area contributed by atoms with Crippen molar-refractivity contribution in [1.29, 1.82) is 0 Å². The lowest BCUT2D eigenvalue weighted by Gasteiger charge is -2.10. The van der Waals surface area contributed by atoms with Gasteiger partial charge in [0.05, 0.1) is 24.8 Å². The Morgan fingerprint density at radius 1 is 1.69 bits per heavy atom. The molecule has 0 aliphatic carbocycles. The molecule has 0 radical (unpaired) electrons. The van der Waals surface area contributed by atoms with Crippen LogP contribution in [0, 0.1) is 0 Å². The van der Waals surface area contributed by atoms with Crippen molar-refractivity contribution in [2.24, 2.45) is 0 Å². The number of alkyl halides is 2. The van der Waals surface area contributed by atoms with Gasteiger partial charge in [-0.1, -0.05) is 15.9 Å². The van der Waals surface area contributed by atoms with Crippen LogP contribution in [0.1, 0.15) is 17.7 Å². The van der Waals surface area contributed by atoms with Gasteiger partial charge in [-0.15, -0.1) is 0 Å². The summed E-state index contributed by atoms with van der Waals surface area (Å²) >= 11 is 2.94. The van der Waals surface area contributed by atoms with Gasteiger partial charge < -0.3 is 9.84 Å². The fourth-order valence-corrected chi connectivity index (χ4v) is 1.76. The van der Waals surface area contributed by atoms with Gasteiger partial charge in [0.15, 0.2) is 0 Å². The number of aliphatic carboxylic acids is 1. The topological polar surface area (TPSA) is 59.4 Å². The maximum absolute atomic E-state index is 12.7. The molecule has 16 heavy (non-hydrogen) atoms. The van der Waals surface area contributed by atoms with E-state index in [1.54, 1.807) is 0 Å². The molecule has 7 heteroatoms. The first-order valence-electron chi connectivity index (χ1n) is 4.19. The van der Waals surface area contributed by atoms with Crippen LogP contribution in [0.5, 0.6) is 5.88 Å². The van der Waals surface area contributed by atoms with E-state index < -0.39 is 24.4 Å². The van der Waals surface area contributed by atoms with E-state index in [4.69, 9.17) is 9.84 Å². The Bertz CT molecular complexity index is 412. The number of carbonyl (C=O) groups is 1. The van der Waals surface area contributed by atoms with Crippen LogP contribution in [0.15, 0.2) is 10.5 Å². The Hall–Kier alpha value is -1.24. The minimum Gasteiger partial charge on any atom is -0.481 e. The summed E-state index contributed by atoms with van der Waals surface area (Å²) in [5.74, 6) is -1.14. The molecule has 0 unspecified atom stereocenters. The first kappa shape index (κ1) is 12.8. The second-order valence-electron chi connectivity index (χ2n) is 2.88. The maximum atomic E-state index is 12.7. The minimum atomic E-state index is -2.79. The summed E-state index contributed by atoms with van der Waals surface area (Å²) in [4.78, 5) is 14.2. The van der Waals surface area contributed by atoms with Crippen LogP contribution < -0.4 is 4.74 Å². The average Bonchev–Trinajstić information content (AvgIpc) is 2.14. The van der Waals surface area contributed by atoms with Crippen LogP contribution in [0.2, 0.25) is 0 Å². The van der Waals surface area contributed by atoms with E-state index in [-0.39, 0.29) is 16.0 Å². The Balaban J connectivity index is 3.28. The Morgan fingerprint density at radius 3 is 2.75 bits per heavy atom. The molecule has 1 heterocycles. The lowest BCUT2D eigenvalue weighted by atomic mass is 10.1. The Labute approximate surface area is 98.4 Å². The van der Waals surface area contributed by atoms with Crippen molar-refractivity contribution in [3.05, 3.63) is 21.8 Å². The van der Waals surface area contributed by atoms with Crippen molar-refractivity contribution >= 4 is 21.9 Å². The molecular weight excluding hydrogens is 288 g/mol. The quantitative estimate of drug-likeness (QED) is 0.927. The molecule has 0 aromatic carbocycles. The third-order valence-electron chi connectivity index (χ3n) is 1.81. The lowest BCUT2D eigenvalue weighted by molar-refractivity contribution is -0.136. The molecule has 0 saturated heterocycles. The monoisotopic (exact) mass is 295 g/mol. The van der Waals surface area contributed by atoms with E-state index >= 15 is 0 Å². The molecule has 4 nitrogen and oxygen atoms in total. The van der Waals surface area contributed by atoms with Crippen molar-refractivity contribution in [3.63, 3.8) is 0 Å². The Morgan fingerprint density at radius 2 is 2.31 bits per heavy atom. The summed E-state index contributed by atoms with van der Waals surface area (Å²) in [6.07, 6.45) is -3.36. The third-order valence-corrected chi connectivity index (χ3v) is 2.47. The molecule has 88 valence electrons. The van der Waals surface area contributed by atoms with Crippen molar-refractivity contribution in [3.8, 4) is 5.88 Å². The summed E-state index contributed by atoms with van der Waals surface area (Å²) < 4.78 is 30.2. The van der Waals surface area contributed by atoms with E-state index in [1.165, 1.54) is 13.2 Å². The van der Waals surface area contributed by atoms with E-state index in [1.807, 2.05) is 0 Å². The SMILES string of the molecule is COc1cc(Br)c(C(F)F)c(CC(=O)O)n1. The highest BCUT2D eigenvalue weighted by molar-refractivity contribution is 9.10. The molecule has 0 bridgehead atoms. The number of methoxy groups -OCH3 is 1. The molecule has 1 aromatic heterocycles. The fraction of sp³-hybridized carbons (Fsp3) is 0.333. The van der Waals surface area contributed by atoms with Gasteiger partial charge in [-0.2, -0.15) is 0 Å². The van der Waals surface area contributed by atoms with Crippen molar-refractivity contribution in [2.75, 3.05) is 7.11 Å². The number of hydrogen-bond donors (Lipinski definition) is 1. The summed E-state index contributed by atoms with van der Waals surface area (Å²) in [7, 11) is 1.32. The number of ether oxygens (including phenoxy) is 1. The van der Waals surface area contributed by atoms with Crippen molar-refractivity contribution in [1.82, 2.24) is 4.98 Å². The summed E-state index contributed by atoms with van der Waals surface area (Å²) in [6.45, 7) is 0. The predicted molar refractivity (Wildman–Crippen MR) is 54.8 cm³/mol. The molecule has 0 aliphatic rings. The molecule has 0 spiro atoms. The number of carboxylic acids is 1. The van der Waals surface area contributed by atoms with Crippen LogP contribution in [0.4, 0.5) is 8.78 Å². The molecule has 0 fully saturated rings. The standard InChI is InChI=1S/C9H8BrF2NO3/c1-16-6-2-4(10)8(9(11)12)5(13-6)3-7(14)15/h2,9H,3H2,1H3,(H,14,15). The number of nitrogens with zero attached hydrogens (tertiary/aromatic N) is 1. The normalized spacial score (nSPS) is 10.6. The summed E-state index contributed by atoms with van der Waals surface area (Å²) in [6, 6.07) is 1.27. The number of pyridine rings is 1. The van der Waals surface area contributed by atoms with E-state index in [2.05, 4.69) is 20.9 Å². The number of hydrogen-bond acceptors (Lipinski definition) is 3. The van der Waals surface area contributed by atoms with Gasteiger partial charge in [0, 0.05) is 10.5 Å². The van der Waals surface area contributed by atoms with Gasteiger partial charge in [0.25, 0.3) is 6.43 Å². The molecule has 1 aromatic rings. The van der Waals surface area contributed by atoms with E-state index in [9.17, 15) is 13.6 Å². The highest BCUT2D eigenvalue weighted by atomic mass is 79.9. The van der Waals surface area contributed by atoms with Gasteiger partial charge in [-0.05, 0) is 0 Å². The zero-order chi connectivity index (χ0) is 12.3. The number of rotatable bonds is 4. The number of carboxylic acid groups (broad SMARTS) is 1. The zero-order valence-electron chi connectivity index (χ0n) is 8.21. The summed E-state index contributed by atoms with van der Waals surface area (Å²) in [5, 5.41) is 8.59. The first-order valence-corrected chi connectivity index (χ1v) is 4.98. The Kier molecular flexibility index (Phi) is 4.17. The highest BCUT2D eigenvalue weighted by Crippen LogP contribution is 2.32. The summed E-state index contributed by atoms with van der Waals surface area (Å²) in [5.41, 5.74) is -0.614. The lowest BCUT2D eigenvalue weighted by Crippen LogP contribution is -2.08. The van der Waals surface area contributed by atoms with Crippen molar-refractivity contribution in [2.45, 2.75) is 12.8 Å². The van der Waals surface area contributed by atoms with E-state index in [0.29, 0.717) is 0 Å². The molecular formula is C9H8BrF2NO3. The van der Waals surface area contributed by atoms with Crippen molar-refractivity contribution < 1.29 is 23.4 Å². The highest BCUT2D eigenvalue weighted by Gasteiger charge is 2.21. The maximum Gasteiger partial charge on any atom is 0.309 e. The van der Waals surface area contributed by atoms with E-state index in [0.717, 1.165) is 0 Å². The molecule has 0 atom stereocenters. The number of aromatic nitrogens is 1. The molecule has 0 saturated carbocycles. The smallest absolute Gasteiger partial charge is 0.309 e.